The van der Waals surface area contributed by atoms with Crippen LogP contribution in [0.4, 0.5) is 0 Å². The van der Waals surface area contributed by atoms with Gasteiger partial charge in [0, 0.05) is 50.3 Å². The SMILES string of the molecule is CCCCN(C)C(=O)C1CCN(C(=O)c2ccc(-n3nc(C)c(CCC(=O)OC)c3C)cc2)CC1. The summed E-state index contributed by atoms with van der Waals surface area (Å²) in [4.78, 5) is 40.9. The van der Waals surface area contributed by atoms with Gasteiger partial charge >= 0.3 is 5.97 Å². The van der Waals surface area contributed by atoms with Crippen LogP contribution in [0.15, 0.2) is 24.3 Å². The van der Waals surface area contributed by atoms with Crippen LogP contribution in [0, 0.1) is 19.8 Å². The number of rotatable bonds is 9. The van der Waals surface area contributed by atoms with Crippen LogP contribution in [-0.4, -0.2) is 71.2 Å². The molecule has 0 unspecified atom stereocenters. The van der Waals surface area contributed by atoms with Gasteiger partial charge in [0.15, 0.2) is 0 Å². The highest BCUT2D eigenvalue weighted by atomic mass is 16.5. The van der Waals surface area contributed by atoms with E-state index in [1.54, 1.807) is 0 Å². The Morgan fingerprint density at radius 1 is 1.11 bits per heavy atom. The normalized spacial score (nSPS) is 14.1. The van der Waals surface area contributed by atoms with E-state index in [1.807, 2.05) is 59.6 Å². The Hall–Kier alpha value is -3.16. The number of aromatic nitrogens is 2. The van der Waals surface area contributed by atoms with Crippen molar-refractivity contribution in [2.75, 3.05) is 33.8 Å². The van der Waals surface area contributed by atoms with E-state index in [2.05, 4.69) is 12.0 Å². The maximum absolute atomic E-state index is 13.1. The van der Waals surface area contributed by atoms with Gasteiger partial charge in [-0.3, -0.25) is 14.4 Å². The molecule has 2 amide bonds. The fourth-order valence-electron chi connectivity index (χ4n) is 4.69. The Morgan fingerprint density at radius 3 is 2.37 bits per heavy atom. The molecule has 8 nitrogen and oxygen atoms in total. The summed E-state index contributed by atoms with van der Waals surface area (Å²) >= 11 is 0. The van der Waals surface area contributed by atoms with Gasteiger partial charge in [0.1, 0.15) is 0 Å². The lowest BCUT2D eigenvalue weighted by Gasteiger charge is -2.33. The van der Waals surface area contributed by atoms with Crippen molar-refractivity contribution in [3.63, 3.8) is 0 Å². The van der Waals surface area contributed by atoms with Crippen LogP contribution >= 0.6 is 0 Å². The van der Waals surface area contributed by atoms with Gasteiger partial charge < -0.3 is 14.5 Å². The summed E-state index contributed by atoms with van der Waals surface area (Å²) in [6, 6.07) is 7.46. The highest BCUT2D eigenvalue weighted by Crippen LogP contribution is 2.23. The standard InChI is InChI=1S/C27H38N4O4/c1-6-7-16-29(4)26(33)22-14-17-30(18-15-22)27(34)21-8-10-23(11-9-21)31-20(3)24(19(2)28-31)12-13-25(32)35-5/h8-11,22H,6-7,12-18H2,1-5H3. The molecule has 1 aliphatic heterocycles. The molecule has 0 aliphatic carbocycles. The Kier molecular flexibility index (Phi) is 9.07. The van der Waals surface area contributed by atoms with E-state index < -0.39 is 0 Å². The Balaban J connectivity index is 1.61. The lowest BCUT2D eigenvalue weighted by atomic mass is 9.94. The molecule has 1 saturated heterocycles. The van der Waals surface area contributed by atoms with Crippen LogP contribution in [0.1, 0.15) is 66.3 Å². The average molecular weight is 483 g/mol. The summed E-state index contributed by atoms with van der Waals surface area (Å²) in [5.41, 5.74) is 4.38. The highest BCUT2D eigenvalue weighted by molar-refractivity contribution is 5.94. The van der Waals surface area contributed by atoms with Crippen LogP contribution in [0.5, 0.6) is 0 Å². The molecule has 3 rings (SSSR count). The molecule has 1 fully saturated rings. The molecule has 0 radical (unpaired) electrons. The summed E-state index contributed by atoms with van der Waals surface area (Å²) < 4.78 is 6.60. The molecule has 0 saturated carbocycles. The van der Waals surface area contributed by atoms with Gasteiger partial charge in [-0.2, -0.15) is 5.10 Å². The molecule has 1 aromatic heterocycles. The number of piperidine rings is 1. The van der Waals surface area contributed by atoms with Crippen LogP contribution in [0.2, 0.25) is 0 Å². The van der Waals surface area contributed by atoms with Crippen LogP contribution in [-0.2, 0) is 20.7 Å². The molecule has 8 heteroatoms. The first-order chi connectivity index (χ1) is 16.8. The van der Waals surface area contributed by atoms with Crippen LogP contribution in [0.25, 0.3) is 5.69 Å². The maximum Gasteiger partial charge on any atom is 0.305 e. The minimum absolute atomic E-state index is 0.00249. The van der Waals surface area contributed by atoms with Gasteiger partial charge in [-0.05, 0) is 69.4 Å². The van der Waals surface area contributed by atoms with Gasteiger partial charge in [0.25, 0.3) is 5.91 Å². The lowest BCUT2D eigenvalue weighted by Crippen LogP contribution is -2.43. The maximum atomic E-state index is 13.1. The van der Waals surface area contributed by atoms with E-state index in [-0.39, 0.29) is 23.7 Å². The molecule has 0 atom stereocenters. The van der Waals surface area contributed by atoms with Crippen molar-refractivity contribution in [3.8, 4) is 5.69 Å². The fraction of sp³-hybridized carbons (Fsp3) is 0.556. The fourth-order valence-corrected chi connectivity index (χ4v) is 4.69. The molecule has 190 valence electrons. The molecule has 1 aromatic carbocycles. The first-order valence-corrected chi connectivity index (χ1v) is 12.5. The van der Waals surface area contributed by atoms with Crippen LogP contribution < -0.4 is 0 Å². The second-order valence-corrected chi connectivity index (χ2v) is 9.36. The number of methoxy groups -OCH3 is 1. The average Bonchev–Trinajstić information content (AvgIpc) is 3.17. The minimum Gasteiger partial charge on any atom is -0.469 e. The molecule has 1 aliphatic rings. The minimum atomic E-state index is -0.240. The number of likely N-dealkylation sites (tertiary alicyclic amines) is 1. The van der Waals surface area contributed by atoms with E-state index in [1.165, 1.54) is 7.11 Å². The predicted molar refractivity (Wildman–Crippen MR) is 135 cm³/mol. The van der Waals surface area contributed by atoms with E-state index in [0.29, 0.717) is 44.3 Å². The van der Waals surface area contributed by atoms with Crippen LogP contribution in [0.3, 0.4) is 0 Å². The summed E-state index contributed by atoms with van der Waals surface area (Å²) in [5, 5.41) is 4.64. The number of carbonyl (C=O) groups is 3. The Bertz CT molecular complexity index is 1040. The molecular weight excluding hydrogens is 444 g/mol. The monoisotopic (exact) mass is 482 g/mol. The van der Waals surface area contributed by atoms with Crippen molar-refractivity contribution in [2.24, 2.45) is 5.92 Å². The van der Waals surface area contributed by atoms with Gasteiger partial charge in [-0.25, -0.2) is 4.68 Å². The van der Waals surface area contributed by atoms with Gasteiger partial charge in [0.05, 0.1) is 18.5 Å². The topological polar surface area (TPSA) is 84.7 Å². The molecular formula is C27H38N4O4. The third-order valence-electron chi connectivity index (χ3n) is 6.96. The van der Waals surface area contributed by atoms with Gasteiger partial charge in [-0.15, -0.1) is 0 Å². The number of unbranched alkanes of at least 4 members (excludes halogenated alkanes) is 1. The summed E-state index contributed by atoms with van der Waals surface area (Å²) in [6.45, 7) is 8.03. The van der Waals surface area contributed by atoms with Gasteiger partial charge in [-0.1, -0.05) is 13.3 Å². The predicted octanol–water partition coefficient (Wildman–Crippen LogP) is 3.71. The number of aryl methyl sites for hydroxylation is 1. The summed E-state index contributed by atoms with van der Waals surface area (Å²) in [5.74, 6) is -0.0429. The number of benzene rings is 1. The van der Waals surface area contributed by atoms with E-state index >= 15 is 0 Å². The van der Waals surface area contributed by atoms with Crippen molar-refractivity contribution < 1.29 is 19.1 Å². The second kappa shape index (κ2) is 12.0. The molecule has 2 heterocycles. The molecule has 35 heavy (non-hydrogen) atoms. The Labute approximate surface area is 208 Å². The molecule has 2 aromatic rings. The van der Waals surface area contributed by atoms with Crippen molar-refractivity contribution in [1.29, 1.82) is 0 Å². The number of carbonyl (C=O) groups excluding carboxylic acids is 3. The van der Waals surface area contributed by atoms with Crippen molar-refractivity contribution in [1.82, 2.24) is 19.6 Å². The van der Waals surface area contributed by atoms with Gasteiger partial charge in [0.2, 0.25) is 5.91 Å². The zero-order valence-corrected chi connectivity index (χ0v) is 21.7. The van der Waals surface area contributed by atoms with Crippen molar-refractivity contribution in [3.05, 3.63) is 46.8 Å². The molecule has 0 N–H and O–H groups in total. The quantitative estimate of drug-likeness (QED) is 0.509. The van der Waals surface area contributed by atoms with E-state index in [9.17, 15) is 14.4 Å². The number of ether oxygens (including phenoxy) is 1. The second-order valence-electron chi connectivity index (χ2n) is 9.36. The third-order valence-corrected chi connectivity index (χ3v) is 6.96. The molecule has 0 bridgehead atoms. The first kappa shape index (κ1) is 26.4. The van der Waals surface area contributed by atoms with Crippen molar-refractivity contribution in [2.45, 2.75) is 59.3 Å². The van der Waals surface area contributed by atoms with E-state index in [4.69, 9.17) is 4.74 Å². The zero-order valence-electron chi connectivity index (χ0n) is 21.7. The number of hydrogen-bond donors (Lipinski definition) is 0. The summed E-state index contributed by atoms with van der Waals surface area (Å²) in [7, 11) is 3.27. The zero-order chi connectivity index (χ0) is 25.5. The first-order valence-electron chi connectivity index (χ1n) is 12.5. The smallest absolute Gasteiger partial charge is 0.305 e. The summed E-state index contributed by atoms with van der Waals surface area (Å²) in [6.07, 6.45) is 4.39. The lowest BCUT2D eigenvalue weighted by molar-refractivity contribution is -0.140. The molecule has 0 spiro atoms. The third kappa shape index (κ3) is 6.29. The number of amides is 2. The number of nitrogens with zero attached hydrogens (tertiary/aromatic N) is 4. The van der Waals surface area contributed by atoms with Crippen molar-refractivity contribution >= 4 is 17.8 Å². The Morgan fingerprint density at radius 2 is 1.77 bits per heavy atom. The number of esters is 1. The number of hydrogen-bond acceptors (Lipinski definition) is 5. The highest BCUT2D eigenvalue weighted by Gasteiger charge is 2.29. The largest absolute Gasteiger partial charge is 0.469 e. The van der Waals surface area contributed by atoms with E-state index in [0.717, 1.165) is 42.0 Å².